The van der Waals surface area contributed by atoms with Crippen LogP contribution >= 0.6 is 0 Å². The molecule has 1 aliphatic rings. The van der Waals surface area contributed by atoms with Gasteiger partial charge in [0, 0.05) is 25.7 Å². The van der Waals surface area contributed by atoms with Crippen molar-refractivity contribution in [2.75, 3.05) is 26.2 Å². The first kappa shape index (κ1) is 13.6. The molecule has 0 saturated carbocycles. The highest BCUT2D eigenvalue weighted by Crippen LogP contribution is 2.25. The number of ether oxygens (including phenoxy) is 1. The van der Waals surface area contributed by atoms with E-state index in [2.05, 4.69) is 54.3 Å². The first-order valence-electron chi connectivity index (χ1n) is 7.32. The summed E-state index contributed by atoms with van der Waals surface area (Å²) in [6.07, 6.45) is 0.173. The van der Waals surface area contributed by atoms with Gasteiger partial charge in [0.05, 0.1) is 12.7 Å². The monoisotopic (exact) mass is 270 g/mol. The van der Waals surface area contributed by atoms with Gasteiger partial charge in [0.15, 0.2) is 0 Å². The fourth-order valence-electron chi connectivity index (χ4n) is 2.91. The van der Waals surface area contributed by atoms with Gasteiger partial charge in [0.1, 0.15) is 0 Å². The maximum Gasteiger partial charge on any atom is 0.0824 e. The summed E-state index contributed by atoms with van der Waals surface area (Å²) in [4.78, 5) is 2.46. The van der Waals surface area contributed by atoms with E-state index in [0.717, 1.165) is 19.7 Å². The third-order valence-electron chi connectivity index (χ3n) is 4.24. The summed E-state index contributed by atoms with van der Waals surface area (Å²) in [6.45, 7) is 5.54. The lowest BCUT2D eigenvalue weighted by Gasteiger charge is -2.36. The second-order valence-electron chi connectivity index (χ2n) is 5.51. The highest BCUT2D eigenvalue weighted by molar-refractivity contribution is 5.83. The van der Waals surface area contributed by atoms with Gasteiger partial charge >= 0.3 is 0 Å². The number of nitrogens with two attached hydrogens (primary N) is 1. The molecule has 3 nitrogen and oxygen atoms in total. The van der Waals surface area contributed by atoms with Crippen LogP contribution in [0.3, 0.4) is 0 Å². The Kier molecular flexibility index (Phi) is 4.01. The number of fused-ring (bicyclic) bond motifs is 1. The van der Waals surface area contributed by atoms with Crippen LogP contribution in [0, 0.1) is 0 Å². The van der Waals surface area contributed by atoms with E-state index < -0.39 is 0 Å². The zero-order chi connectivity index (χ0) is 13.9. The zero-order valence-corrected chi connectivity index (χ0v) is 12.0. The van der Waals surface area contributed by atoms with Gasteiger partial charge in [-0.1, -0.05) is 36.4 Å². The molecule has 2 aromatic rings. The van der Waals surface area contributed by atoms with Gasteiger partial charge in [-0.3, -0.25) is 4.90 Å². The van der Waals surface area contributed by atoms with Crippen molar-refractivity contribution in [3.63, 3.8) is 0 Å². The van der Waals surface area contributed by atoms with Crippen LogP contribution in [0.1, 0.15) is 18.5 Å². The quantitative estimate of drug-likeness (QED) is 0.931. The van der Waals surface area contributed by atoms with Gasteiger partial charge in [-0.15, -0.1) is 0 Å². The standard InChI is InChI=1S/C17H22N2O/c1-13(19-8-9-20-17(11-18)12-19)15-7-6-14-4-2-3-5-16(14)10-15/h2-7,10,13,17H,8-9,11-12,18H2,1H3. The molecular formula is C17H22N2O. The SMILES string of the molecule is CC(c1ccc2ccccc2c1)N1CCOC(CN)C1. The molecule has 0 bridgehead atoms. The highest BCUT2D eigenvalue weighted by atomic mass is 16.5. The van der Waals surface area contributed by atoms with E-state index in [1.807, 2.05) is 0 Å². The average molecular weight is 270 g/mol. The van der Waals surface area contributed by atoms with E-state index in [0.29, 0.717) is 12.6 Å². The number of hydrogen-bond donors (Lipinski definition) is 1. The van der Waals surface area contributed by atoms with Crippen LogP contribution in [0.15, 0.2) is 42.5 Å². The molecule has 1 aliphatic heterocycles. The summed E-state index contributed by atoms with van der Waals surface area (Å²) >= 11 is 0. The minimum atomic E-state index is 0.173. The van der Waals surface area contributed by atoms with E-state index in [9.17, 15) is 0 Å². The molecule has 20 heavy (non-hydrogen) atoms. The molecule has 2 unspecified atom stereocenters. The molecular weight excluding hydrogens is 248 g/mol. The van der Waals surface area contributed by atoms with E-state index in [1.165, 1.54) is 16.3 Å². The predicted molar refractivity (Wildman–Crippen MR) is 82.7 cm³/mol. The van der Waals surface area contributed by atoms with Crippen molar-refractivity contribution < 1.29 is 4.74 Å². The van der Waals surface area contributed by atoms with Crippen LogP contribution in [0.4, 0.5) is 0 Å². The van der Waals surface area contributed by atoms with Gasteiger partial charge in [-0.2, -0.15) is 0 Å². The summed E-state index contributed by atoms with van der Waals surface area (Å²) < 4.78 is 5.65. The zero-order valence-electron chi connectivity index (χ0n) is 12.0. The van der Waals surface area contributed by atoms with Crippen LogP contribution in [0.25, 0.3) is 10.8 Å². The minimum Gasteiger partial charge on any atom is -0.374 e. The molecule has 106 valence electrons. The third-order valence-corrected chi connectivity index (χ3v) is 4.24. The molecule has 0 spiro atoms. The molecule has 0 amide bonds. The number of rotatable bonds is 3. The number of benzene rings is 2. The average Bonchev–Trinajstić information content (AvgIpc) is 2.53. The molecule has 2 atom stereocenters. The molecule has 0 radical (unpaired) electrons. The van der Waals surface area contributed by atoms with E-state index in [-0.39, 0.29) is 6.10 Å². The molecule has 1 saturated heterocycles. The van der Waals surface area contributed by atoms with Crippen LogP contribution in [0.5, 0.6) is 0 Å². The molecule has 0 aromatic heterocycles. The summed E-state index contributed by atoms with van der Waals surface area (Å²) in [5.74, 6) is 0. The van der Waals surface area contributed by atoms with Crippen molar-refractivity contribution in [2.24, 2.45) is 5.73 Å². The first-order valence-corrected chi connectivity index (χ1v) is 7.32. The van der Waals surface area contributed by atoms with Gasteiger partial charge in [-0.05, 0) is 29.3 Å². The van der Waals surface area contributed by atoms with Crippen molar-refractivity contribution in [3.05, 3.63) is 48.0 Å². The van der Waals surface area contributed by atoms with Crippen molar-refractivity contribution in [3.8, 4) is 0 Å². The van der Waals surface area contributed by atoms with Gasteiger partial charge in [0.2, 0.25) is 0 Å². The maximum absolute atomic E-state index is 5.73. The van der Waals surface area contributed by atoms with Crippen molar-refractivity contribution in [1.29, 1.82) is 0 Å². The van der Waals surface area contributed by atoms with Crippen molar-refractivity contribution in [2.45, 2.75) is 19.1 Å². The molecule has 2 N–H and O–H groups in total. The van der Waals surface area contributed by atoms with Crippen LogP contribution < -0.4 is 5.73 Å². The number of nitrogens with zero attached hydrogens (tertiary/aromatic N) is 1. The maximum atomic E-state index is 5.73. The summed E-state index contributed by atoms with van der Waals surface area (Å²) in [7, 11) is 0. The van der Waals surface area contributed by atoms with Crippen molar-refractivity contribution >= 4 is 10.8 Å². The Morgan fingerprint density at radius 1 is 1.25 bits per heavy atom. The fraction of sp³-hybridized carbons (Fsp3) is 0.412. The van der Waals surface area contributed by atoms with Crippen LogP contribution in [-0.2, 0) is 4.74 Å². The summed E-state index contributed by atoms with van der Waals surface area (Å²) in [5, 5.41) is 2.60. The minimum absolute atomic E-state index is 0.173. The lowest BCUT2D eigenvalue weighted by atomic mass is 10.0. The second-order valence-corrected chi connectivity index (χ2v) is 5.51. The lowest BCUT2D eigenvalue weighted by Crippen LogP contribution is -2.46. The Hall–Kier alpha value is -1.42. The highest BCUT2D eigenvalue weighted by Gasteiger charge is 2.24. The number of morpholine rings is 1. The van der Waals surface area contributed by atoms with E-state index in [4.69, 9.17) is 10.5 Å². The Morgan fingerprint density at radius 3 is 2.85 bits per heavy atom. The third kappa shape index (κ3) is 2.70. The fourth-order valence-corrected chi connectivity index (χ4v) is 2.91. The molecule has 2 aromatic carbocycles. The summed E-state index contributed by atoms with van der Waals surface area (Å²) in [5.41, 5.74) is 7.09. The normalized spacial score (nSPS) is 22.0. The summed E-state index contributed by atoms with van der Waals surface area (Å²) in [6, 6.07) is 15.7. The van der Waals surface area contributed by atoms with Crippen LogP contribution in [0.2, 0.25) is 0 Å². The Labute approximate surface area is 120 Å². The lowest BCUT2D eigenvalue weighted by molar-refractivity contribution is -0.0364. The van der Waals surface area contributed by atoms with E-state index >= 15 is 0 Å². The molecule has 3 rings (SSSR count). The first-order chi connectivity index (χ1) is 9.78. The van der Waals surface area contributed by atoms with Gasteiger partial charge < -0.3 is 10.5 Å². The Bertz CT molecular complexity index is 584. The predicted octanol–water partition coefficient (Wildman–Crippen LogP) is 2.56. The number of hydrogen-bond acceptors (Lipinski definition) is 3. The van der Waals surface area contributed by atoms with Gasteiger partial charge in [0.25, 0.3) is 0 Å². The molecule has 3 heteroatoms. The van der Waals surface area contributed by atoms with E-state index in [1.54, 1.807) is 0 Å². The largest absolute Gasteiger partial charge is 0.374 e. The molecule has 1 heterocycles. The topological polar surface area (TPSA) is 38.5 Å². The van der Waals surface area contributed by atoms with Crippen LogP contribution in [-0.4, -0.2) is 37.2 Å². The second kappa shape index (κ2) is 5.92. The van der Waals surface area contributed by atoms with Gasteiger partial charge in [-0.25, -0.2) is 0 Å². The Balaban J connectivity index is 1.82. The smallest absolute Gasteiger partial charge is 0.0824 e. The molecule has 1 fully saturated rings. The molecule has 0 aliphatic carbocycles. The van der Waals surface area contributed by atoms with Crippen molar-refractivity contribution in [1.82, 2.24) is 4.90 Å². The Morgan fingerprint density at radius 2 is 2.05 bits per heavy atom.